The molecule has 0 saturated carbocycles. The van der Waals surface area contributed by atoms with Gasteiger partial charge in [0, 0.05) is 18.0 Å². The summed E-state index contributed by atoms with van der Waals surface area (Å²) in [6.45, 7) is 0. The largest absolute Gasteiger partial charge is 0.364 e. The molecule has 6 nitrogen and oxygen atoms in total. The molecule has 2 heterocycles. The van der Waals surface area contributed by atoms with Crippen molar-refractivity contribution in [3.8, 4) is 5.69 Å². The maximum atomic E-state index is 10.9. The third-order valence-electron chi connectivity index (χ3n) is 2.05. The number of nitrogens with zero attached hydrogens (tertiary/aromatic N) is 3. The third-order valence-corrected chi connectivity index (χ3v) is 2.05. The van der Waals surface area contributed by atoms with Crippen LogP contribution in [0.3, 0.4) is 0 Å². The standard InChI is InChI=1S/C10H8N4O2/c11-10(16)8-2-4-14(13-8)9-5-12-3-1-7(9)6-15/h1-6H,(H2,11,16). The molecule has 0 aliphatic carbocycles. The van der Waals surface area contributed by atoms with Crippen molar-refractivity contribution in [3.05, 3.63) is 42.0 Å². The summed E-state index contributed by atoms with van der Waals surface area (Å²) in [5, 5.41) is 3.93. The van der Waals surface area contributed by atoms with E-state index >= 15 is 0 Å². The average molecular weight is 216 g/mol. The van der Waals surface area contributed by atoms with E-state index in [0.29, 0.717) is 17.5 Å². The number of pyridine rings is 1. The second kappa shape index (κ2) is 3.93. The lowest BCUT2D eigenvalue weighted by Crippen LogP contribution is -2.12. The van der Waals surface area contributed by atoms with Crippen molar-refractivity contribution in [2.45, 2.75) is 0 Å². The summed E-state index contributed by atoms with van der Waals surface area (Å²) in [6, 6.07) is 3.04. The summed E-state index contributed by atoms with van der Waals surface area (Å²) in [7, 11) is 0. The Labute approximate surface area is 90.7 Å². The molecule has 0 unspecified atom stereocenters. The number of carbonyl (C=O) groups is 2. The Kier molecular flexibility index (Phi) is 2.47. The molecule has 0 radical (unpaired) electrons. The molecular weight excluding hydrogens is 208 g/mol. The fraction of sp³-hybridized carbons (Fsp3) is 0. The van der Waals surface area contributed by atoms with Crippen LogP contribution in [0.15, 0.2) is 30.7 Å². The minimum absolute atomic E-state index is 0.140. The number of hydrogen-bond donors (Lipinski definition) is 1. The van der Waals surface area contributed by atoms with Crippen LogP contribution >= 0.6 is 0 Å². The van der Waals surface area contributed by atoms with E-state index in [0.717, 1.165) is 0 Å². The van der Waals surface area contributed by atoms with Crippen molar-refractivity contribution in [1.82, 2.24) is 14.8 Å². The summed E-state index contributed by atoms with van der Waals surface area (Å²) < 4.78 is 1.39. The molecule has 6 heteroatoms. The van der Waals surface area contributed by atoms with Crippen molar-refractivity contribution in [2.75, 3.05) is 0 Å². The number of hydrogen-bond acceptors (Lipinski definition) is 4. The van der Waals surface area contributed by atoms with Crippen molar-refractivity contribution in [3.63, 3.8) is 0 Å². The van der Waals surface area contributed by atoms with Crippen LogP contribution in [0.1, 0.15) is 20.8 Å². The van der Waals surface area contributed by atoms with Gasteiger partial charge < -0.3 is 5.73 Å². The minimum atomic E-state index is -0.615. The second-order valence-corrected chi connectivity index (χ2v) is 3.06. The van der Waals surface area contributed by atoms with Gasteiger partial charge in [-0.2, -0.15) is 5.10 Å². The highest BCUT2D eigenvalue weighted by atomic mass is 16.1. The van der Waals surface area contributed by atoms with E-state index in [4.69, 9.17) is 5.73 Å². The molecule has 0 aliphatic heterocycles. The normalized spacial score (nSPS) is 10.0. The van der Waals surface area contributed by atoms with Gasteiger partial charge in [0.25, 0.3) is 5.91 Å². The van der Waals surface area contributed by atoms with Crippen LogP contribution in [-0.2, 0) is 0 Å². The van der Waals surface area contributed by atoms with Crippen LogP contribution in [0.5, 0.6) is 0 Å². The van der Waals surface area contributed by atoms with Crippen molar-refractivity contribution >= 4 is 12.2 Å². The number of carbonyl (C=O) groups excluding carboxylic acids is 2. The molecule has 80 valence electrons. The summed E-state index contributed by atoms with van der Waals surface area (Å²) in [4.78, 5) is 25.5. The summed E-state index contributed by atoms with van der Waals surface area (Å²) in [5.41, 5.74) is 6.16. The monoisotopic (exact) mass is 216 g/mol. The van der Waals surface area contributed by atoms with E-state index in [1.807, 2.05) is 0 Å². The Balaban J connectivity index is 2.50. The molecule has 0 aromatic carbocycles. The first-order valence-corrected chi connectivity index (χ1v) is 4.47. The number of rotatable bonds is 3. The molecular formula is C10H8N4O2. The predicted molar refractivity (Wildman–Crippen MR) is 55.3 cm³/mol. The Morgan fingerprint density at radius 3 is 2.88 bits per heavy atom. The third kappa shape index (κ3) is 1.68. The average Bonchev–Trinajstić information content (AvgIpc) is 2.78. The number of nitrogens with two attached hydrogens (primary N) is 1. The molecule has 2 aromatic rings. The lowest BCUT2D eigenvalue weighted by atomic mass is 10.2. The van der Waals surface area contributed by atoms with Gasteiger partial charge in [0.2, 0.25) is 0 Å². The first-order chi connectivity index (χ1) is 7.72. The van der Waals surface area contributed by atoms with E-state index < -0.39 is 5.91 Å². The van der Waals surface area contributed by atoms with Gasteiger partial charge in [-0.3, -0.25) is 14.6 Å². The fourth-order valence-electron chi connectivity index (χ4n) is 1.28. The molecule has 16 heavy (non-hydrogen) atoms. The highest BCUT2D eigenvalue weighted by molar-refractivity contribution is 5.90. The van der Waals surface area contributed by atoms with Crippen LogP contribution < -0.4 is 5.73 Å². The molecule has 0 fully saturated rings. The van der Waals surface area contributed by atoms with Crippen molar-refractivity contribution in [1.29, 1.82) is 0 Å². The van der Waals surface area contributed by atoms with Crippen molar-refractivity contribution < 1.29 is 9.59 Å². The summed E-state index contributed by atoms with van der Waals surface area (Å²) in [6.07, 6.45) is 5.24. The van der Waals surface area contributed by atoms with Gasteiger partial charge in [0.05, 0.1) is 11.9 Å². The zero-order valence-corrected chi connectivity index (χ0v) is 8.20. The molecule has 0 aliphatic rings. The fourth-order valence-corrected chi connectivity index (χ4v) is 1.28. The zero-order valence-electron chi connectivity index (χ0n) is 8.20. The SMILES string of the molecule is NC(=O)c1ccn(-c2cnccc2C=O)n1. The van der Waals surface area contributed by atoms with E-state index in [1.54, 1.807) is 12.3 Å². The molecule has 2 rings (SSSR count). The van der Waals surface area contributed by atoms with Gasteiger partial charge in [0.1, 0.15) is 5.69 Å². The molecule has 0 bridgehead atoms. The van der Waals surface area contributed by atoms with Crippen LogP contribution in [0.25, 0.3) is 5.69 Å². The Morgan fingerprint density at radius 1 is 1.44 bits per heavy atom. The van der Waals surface area contributed by atoms with E-state index in [2.05, 4.69) is 10.1 Å². The predicted octanol–water partition coefficient (Wildman–Crippen LogP) is 0.179. The van der Waals surface area contributed by atoms with Crippen LogP contribution in [0, 0.1) is 0 Å². The number of aldehydes is 1. The molecule has 0 atom stereocenters. The van der Waals surface area contributed by atoms with Gasteiger partial charge in [-0.1, -0.05) is 0 Å². The van der Waals surface area contributed by atoms with Crippen molar-refractivity contribution in [2.24, 2.45) is 5.73 Å². The topological polar surface area (TPSA) is 90.9 Å². The Morgan fingerprint density at radius 2 is 2.25 bits per heavy atom. The highest BCUT2D eigenvalue weighted by Gasteiger charge is 2.08. The molecule has 2 N–H and O–H groups in total. The molecule has 1 amide bonds. The highest BCUT2D eigenvalue weighted by Crippen LogP contribution is 2.10. The smallest absolute Gasteiger partial charge is 0.269 e. The minimum Gasteiger partial charge on any atom is -0.364 e. The van der Waals surface area contributed by atoms with E-state index in [1.165, 1.54) is 23.1 Å². The van der Waals surface area contributed by atoms with E-state index in [-0.39, 0.29) is 5.69 Å². The van der Waals surface area contributed by atoms with Gasteiger partial charge in [-0.25, -0.2) is 4.68 Å². The molecule has 0 saturated heterocycles. The van der Waals surface area contributed by atoms with E-state index in [9.17, 15) is 9.59 Å². The quantitative estimate of drug-likeness (QED) is 0.741. The van der Waals surface area contributed by atoms with Gasteiger partial charge in [-0.05, 0) is 12.1 Å². The Hall–Kier alpha value is -2.50. The maximum absolute atomic E-state index is 10.9. The summed E-state index contributed by atoms with van der Waals surface area (Å²) in [5.74, 6) is -0.615. The first kappa shape index (κ1) is 10.0. The van der Waals surface area contributed by atoms with Gasteiger partial charge in [-0.15, -0.1) is 0 Å². The second-order valence-electron chi connectivity index (χ2n) is 3.06. The maximum Gasteiger partial charge on any atom is 0.269 e. The van der Waals surface area contributed by atoms with Crippen LogP contribution in [-0.4, -0.2) is 27.0 Å². The lowest BCUT2D eigenvalue weighted by molar-refractivity contribution is 0.0995. The van der Waals surface area contributed by atoms with Gasteiger partial charge in [0.15, 0.2) is 6.29 Å². The Bertz CT molecular complexity index is 547. The van der Waals surface area contributed by atoms with Crippen LogP contribution in [0.2, 0.25) is 0 Å². The lowest BCUT2D eigenvalue weighted by Gasteiger charge is -2.02. The van der Waals surface area contributed by atoms with Gasteiger partial charge >= 0.3 is 0 Å². The number of primary amides is 1. The molecule has 2 aromatic heterocycles. The summed E-state index contributed by atoms with van der Waals surface area (Å²) >= 11 is 0. The number of amides is 1. The number of aromatic nitrogens is 3. The molecule has 0 spiro atoms. The zero-order chi connectivity index (χ0) is 11.5. The van der Waals surface area contributed by atoms with Crippen LogP contribution in [0.4, 0.5) is 0 Å². The first-order valence-electron chi connectivity index (χ1n) is 4.47.